The number of amides is 3. The van der Waals surface area contributed by atoms with Gasteiger partial charge in [-0.15, -0.1) is 0 Å². The SMILES string of the molecule is CC(CC(=O)N(C)C)C1C[C@@H]2C[C@H](Oc3ccc(NC(=O)N4CCC(c5ccc(Cl)cc5)CC4)cc3)C[C@H](C1)N2. The molecule has 0 spiro atoms. The van der Waals surface area contributed by atoms with Crippen LogP contribution in [0, 0.1) is 11.8 Å². The molecule has 0 aliphatic carbocycles. The first-order valence-electron chi connectivity index (χ1n) is 14.8. The number of nitrogens with one attached hydrogen (secondary N) is 2. The number of carbonyl (C=O) groups is 2. The van der Waals surface area contributed by atoms with E-state index in [9.17, 15) is 9.59 Å². The Labute approximate surface area is 243 Å². The van der Waals surface area contributed by atoms with Crippen molar-refractivity contribution in [3.8, 4) is 5.75 Å². The molecule has 8 heteroatoms. The van der Waals surface area contributed by atoms with Crippen LogP contribution in [0.25, 0.3) is 0 Å². The van der Waals surface area contributed by atoms with Crippen LogP contribution >= 0.6 is 11.6 Å². The van der Waals surface area contributed by atoms with Gasteiger partial charge in [-0.2, -0.15) is 0 Å². The van der Waals surface area contributed by atoms with Crippen LogP contribution in [0.3, 0.4) is 0 Å². The van der Waals surface area contributed by atoms with E-state index >= 15 is 0 Å². The largest absolute Gasteiger partial charge is 0.490 e. The Bertz CT molecular complexity index is 1130. The molecule has 2 unspecified atom stereocenters. The van der Waals surface area contributed by atoms with Gasteiger partial charge in [0.2, 0.25) is 5.91 Å². The van der Waals surface area contributed by atoms with E-state index in [0.29, 0.717) is 36.3 Å². The Morgan fingerprint density at radius 3 is 2.23 bits per heavy atom. The quantitative estimate of drug-likeness (QED) is 0.422. The average molecular weight is 567 g/mol. The van der Waals surface area contributed by atoms with Crippen LogP contribution in [0.2, 0.25) is 5.02 Å². The van der Waals surface area contributed by atoms with Gasteiger partial charge in [0, 0.05) is 56.4 Å². The third kappa shape index (κ3) is 7.29. The minimum absolute atomic E-state index is 0.0505. The van der Waals surface area contributed by atoms with Crippen molar-refractivity contribution in [2.75, 3.05) is 32.5 Å². The van der Waals surface area contributed by atoms with Gasteiger partial charge in [-0.05, 0) is 98.2 Å². The highest BCUT2D eigenvalue weighted by Gasteiger charge is 2.38. The zero-order valence-corrected chi connectivity index (χ0v) is 24.7. The summed E-state index contributed by atoms with van der Waals surface area (Å²) < 4.78 is 6.39. The number of piperidine rings is 3. The highest BCUT2D eigenvalue weighted by Crippen LogP contribution is 2.37. The molecule has 0 saturated carbocycles. The Balaban J connectivity index is 1.06. The Kier molecular flexibility index (Phi) is 9.21. The number of fused-ring (bicyclic) bond motifs is 2. The van der Waals surface area contributed by atoms with Gasteiger partial charge >= 0.3 is 6.03 Å². The molecule has 40 heavy (non-hydrogen) atoms. The third-order valence-electron chi connectivity index (χ3n) is 9.07. The van der Waals surface area contributed by atoms with E-state index in [1.807, 2.05) is 55.4 Å². The maximum atomic E-state index is 12.9. The molecule has 3 aliphatic rings. The van der Waals surface area contributed by atoms with Gasteiger partial charge in [0.1, 0.15) is 11.9 Å². The predicted molar refractivity (Wildman–Crippen MR) is 160 cm³/mol. The van der Waals surface area contributed by atoms with E-state index in [1.54, 1.807) is 4.90 Å². The van der Waals surface area contributed by atoms with E-state index in [4.69, 9.17) is 16.3 Å². The molecule has 3 aliphatic heterocycles. The Morgan fingerprint density at radius 1 is 1.00 bits per heavy atom. The fourth-order valence-electron chi connectivity index (χ4n) is 6.70. The molecule has 5 atom stereocenters. The van der Waals surface area contributed by atoms with Crippen molar-refractivity contribution in [3.63, 3.8) is 0 Å². The van der Waals surface area contributed by atoms with Gasteiger partial charge in [-0.25, -0.2) is 4.79 Å². The molecule has 2 aromatic rings. The fraction of sp³-hybridized carbons (Fsp3) is 0.562. The van der Waals surface area contributed by atoms with E-state index in [0.717, 1.165) is 68.1 Å². The van der Waals surface area contributed by atoms with E-state index in [2.05, 4.69) is 29.7 Å². The lowest BCUT2D eigenvalue weighted by Gasteiger charge is -2.45. The van der Waals surface area contributed by atoms with Gasteiger partial charge in [-0.3, -0.25) is 4.79 Å². The van der Waals surface area contributed by atoms with Gasteiger partial charge in [0.25, 0.3) is 0 Å². The van der Waals surface area contributed by atoms with Crippen LogP contribution in [-0.2, 0) is 4.79 Å². The Hall–Kier alpha value is -2.77. The van der Waals surface area contributed by atoms with Crippen LogP contribution in [0.5, 0.6) is 5.75 Å². The monoisotopic (exact) mass is 566 g/mol. The lowest BCUT2D eigenvalue weighted by Crippen LogP contribution is -2.54. The lowest BCUT2D eigenvalue weighted by molar-refractivity contribution is -0.130. The molecule has 2 aromatic carbocycles. The summed E-state index contributed by atoms with van der Waals surface area (Å²) in [7, 11) is 3.67. The predicted octanol–water partition coefficient (Wildman–Crippen LogP) is 6.14. The summed E-state index contributed by atoms with van der Waals surface area (Å²) >= 11 is 6.02. The summed E-state index contributed by atoms with van der Waals surface area (Å²) in [5.41, 5.74) is 2.08. The van der Waals surface area contributed by atoms with Crippen molar-refractivity contribution in [2.45, 2.75) is 76.0 Å². The van der Waals surface area contributed by atoms with E-state index in [1.165, 1.54) is 5.56 Å². The van der Waals surface area contributed by atoms with Crippen LogP contribution in [0.4, 0.5) is 10.5 Å². The lowest BCUT2D eigenvalue weighted by atomic mass is 9.73. The van der Waals surface area contributed by atoms with Crippen LogP contribution in [0.15, 0.2) is 48.5 Å². The third-order valence-corrected chi connectivity index (χ3v) is 9.32. The van der Waals surface area contributed by atoms with Crippen LogP contribution < -0.4 is 15.4 Å². The first-order valence-corrected chi connectivity index (χ1v) is 15.2. The number of ether oxygens (including phenoxy) is 1. The molecule has 0 aromatic heterocycles. The average Bonchev–Trinajstić information content (AvgIpc) is 2.94. The number of urea groups is 1. The van der Waals surface area contributed by atoms with Crippen molar-refractivity contribution in [2.24, 2.45) is 11.8 Å². The van der Waals surface area contributed by atoms with Gasteiger partial charge < -0.3 is 25.2 Å². The first kappa shape index (κ1) is 28.7. The zero-order valence-electron chi connectivity index (χ0n) is 23.9. The minimum Gasteiger partial charge on any atom is -0.490 e. The molecule has 0 radical (unpaired) electrons. The number of carbonyl (C=O) groups excluding carboxylic acids is 2. The zero-order chi connectivity index (χ0) is 28.2. The molecule has 5 rings (SSSR count). The fourth-order valence-corrected chi connectivity index (χ4v) is 6.83. The number of halogens is 1. The summed E-state index contributed by atoms with van der Waals surface area (Å²) in [5.74, 6) is 2.50. The van der Waals surface area contributed by atoms with E-state index in [-0.39, 0.29) is 18.0 Å². The number of nitrogens with zero attached hydrogens (tertiary/aromatic N) is 2. The summed E-state index contributed by atoms with van der Waals surface area (Å²) in [6.07, 6.45) is 6.86. The first-order chi connectivity index (χ1) is 19.2. The molecular weight excluding hydrogens is 524 g/mol. The Morgan fingerprint density at radius 2 is 1.62 bits per heavy atom. The molecule has 3 fully saturated rings. The molecule has 3 saturated heterocycles. The second-order valence-corrected chi connectivity index (χ2v) is 12.7. The molecule has 3 heterocycles. The number of anilines is 1. The molecule has 216 valence electrons. The second-order valence-electron chi connectivity index (χ2n) is 12.2. The van der Waals surface area contributed by atoms with Gasteiger partial charge in [0.05, 0.1) is 0 Å². The van der Waals surface area contributed by atoms with E-state index < -0.39 is 0 Å². The number of likely N-dealkylation sites (tertiary alicyclic amines) is 1. The summed E-state index contributed by atoms with van der Waals surface area (Å²) in [6.45, 7) is 3.71. The summed E-state index contributed by atoms with van der Waals surface area (Å²) in [5, 5.41) is 7.58. The highest BCUT2D eigenvalue weighted by molar-refractivity contribution is 6.30. The highest BCUT2D eigenvalue weighted by atomic mass is 35.5. The molecule has 7 nitrogen and oxygen atoms in total. The standard InChI is InChI=1S/C32H43ClN4O3/c1-21(16-31(38)36(2)3)24-17-27-19-30(20-28(18-24)34-27)40-29-10-8-26(9-11-29)35-32(39)37-14-12-23(13-15-37)22-4-6-25(33)7-5-22/h4-11,21,23-24,27-28,30,34H,12-20H2,1-3H3,(H,35,39)/t21?,24?,27-,28+,30+. The molecule has 2 bridgehead atoms. The molecule has 3 amide bonds. The molecule has 2 N–H and O–H groups in total. The smallest absolute Gasteiger partial charge is 0.321 e. The summed E-state index contributed by atoms with van der Waals surface area (Å²) in [6, 6.07) is 16.6. The number of benzene rings is 2. The number of hydrogen-bond acceptors (Lipinski definition) is 4. The molecular formula is C32H43ClN4O3. The minimum atomic E-state index is -0.0505. The van der Waals surface area contributed by atoms with Gasteiger partial charge in [-0.1, -0.05) is 30.7 Å². The summed E-state index contributed by atoms with van der Waals surface area (Å²) in [4.78, 5) is 28.7. The van der Waals surface area contributed by atoms with Crippen molar-refractivity contribution in [3.05, 3.63) is 59.1 Å². The number of hydrogen-bond donors (Lipinski definition) is 2. The maximum Gasteiger partial charge on any atom is 0.321 e. The van der Waals surface area contributed by atoms with Crippen LogP contribution in [-0.4, -0.2) is 67.1 Å². The maximum absolute atomic E-state index is 12.9. The second kappa shape index (κ2) is 12.8. The van der Waals surface area contributed by atoms with Gasteiger partial charge in [0.15, 0.2) is 0 Å². The normalized spacial score (nSPS) is 25.6. The van der Waals surface area contributed by atoms with Crippen LogP contribution in [0.1, 0.15) is 63.4 Å². The topological polar surface area (TPSA) is 73.9 Å². The van der Waals surface area contributed by atoms with Crippen molar-refractivity contribution < 1.29 is 14.3 Å². The number of rotatable bonds is 7. The van der Waals surface area contributed by atoms with Crippen molar-refractivity contribution in [1.82, 2.24) is 15.1 Å². The van der Waals surface area contributed by atoms with Crippen molar-refractivity contribution >= 4 is 29.2 Å². The van der Waals surface area contributed by atoms with Crippen molar-refractivity contribution in [1.29, 1.82) is 0 Å².